The Bertz CT molecular complexity index is 1170. The van der Waals surface area contributed by atoms with E-state index in [9.17, 15) is 14.7 Å². The largest absolute Gasteiger partial charge is 0.508 e. The summed E-state index contributed by atoms with van der Waals surface area (Å²) < 4.78 is 5.17. The third-order valence-corrected chi connectivity index (χ3v) is 5.56. The fraction of sp³-hybridized carbons (Fsp3) is 0.250. The molecule has 2 amide bonds. The Morgan fingerprint density at radius 2 is 1.88 bits per heavy atom. The summed E-state index contributed by atoms with van der Waals surface area (Å²) in [5, 5.41) is 15.6. The van der Waals surface area contributed by atoms with E-state index in [0.717, 1.165) is 19.4 Å². The second-order valence-corrected chi connectivity index (χ2v) is 7.95. The minimum absolute atomic E-state index is 0.0359. The number of piperidine rings is 1. The van der Waals surface area contributed by atoms with Crippen LogP contribution in [0.1, 0.15) is 33.7 Å². The van der Waals surface area contributed by atoms with Crippen LogP contribution in [0, 0.1) is 0 Å². The zero-order valence-electron chi connectivity index (χ0n) is 18.7. The molecular formula is C24H26N6O4. The highest BCUT2D eigenvalue weighted by molar-refractivity contribution is 5.96. The van der Waals surface area contributed by atoms with Gasteiger partial charge in [0, 0.05) is 30.4 Å². The van der Waals surface area contributed by atoms with Crippen LogP contribution in [0.5, 0.6) is 11.5 Å². The van der Waals surface area contributed by atoms with E-state index in [4.69, 9.17) is 10.5 Å². The highest BCUT2D eigenvalue weighted by atomic mass is 16.5. The minimum Gasteiger partial charge on any atom is -0.508 e. The van der Waals surface area contributed by atoms with Crippen molar-refractivity contribution in [1.82, 2.24) is 15.3 Å². The van der Waals surface area contributed by atoms with E-state index < -0.39 is 5.91 Å². The van der Waals surface area contributed by atoms with E-state index in [1.807, 2.05) is 4.90 Å². The zero-order chi connectivity index (χ0) is 24.1. The molecule has 10 nitrogen and oxygen atoms in total. The van der Waals surface area contributed by atoms with Gasteiger partial charge < -0.3 is 31.1 Å². The molecule has 34 heavy (non-hydrogen) atoms. The Balaban J connectivity index is 1.49. The number of carbonyl (C=O) groups is 2. The van der Waals surface area contributed by atoms with Gasteiger partial charge in [0.25, 0.3) is 11.8 Å². The number of nitrogens with zero attached hydrogens (tertiary/aromatic N) is 3. The Labute approximate surface area is 196 Å². The molecule has 4 rings (SSSR count). The Morgan fingerprint density at radius 3 is 2.56 bits per heavy atom. The predicted octanol–water partition coefficient (Wildman–Crippen LogP) is 2.43. The van der Waals surface area contributed by atoms with Gasteiger partial charge in [-0.1, -0.05) is 0 Å². The second kappa shape index (κ2) is 10.1. The van der Waals surface area contributed by atoms with Crippen LogP contribution in [0.25, 0.3) is 0 Å². The van der Waals surface area contributed by atoms with Gasteiger partial charge in [-0.25, -0.2) is 9.97 Å². The molecular weight excluding hydrogens is 436 g/mol. The van der Waals surface area contributed by atoms with Crippen molar-refractivity contribution >= 4 is 29.1 Å². The third-order valence-electron chi connectivity index (χ3n) is 5.56. The third kappa shape index (κ3) is 5.34. The van der Waals surface area contributed by atoms with Gasteiger partial charge in [0.2, 0.25) is 0 Å². The number of amides is 2. The first-order valence-electron chi connectivity index (χ1n) is 10.9. The van der Waals surface area contributed by atoms with Crippen LogP contribution in [0.4, 0.5) is 17.3 Å². The number of phenols is 1. The number of aromatic hydroxyl groups is 1. The molecule has 1 aliphatic rings. The summed E-state index contributed by atoms with van der Waals surface area (Å²) in [6, 6.07) is 13.2. The maximum absolute atomic E-state index is 12.6. The summed E-state index contributed by atoms with van der Waals surface area (Å²) in [6.07, 6.45) is 3.19. The fourth-order valence-electron chi connectivity index (χ4n) is 3.80. The molecule has 1 atom stereocenters. The van der Waals surface area contributed by atoms with Gasteiger partial charge in [0.05, 0.1) is 13.3 Å². The molecule has 0 saturated carbocycles. The van der Waals surface area contributed by atoms with Crippen molar-refractivity contribution in [3.8, 4) is 11.5 Å². The Hall–Kier alpha value is -4.34. The molecule has 10 heteroatoms. The summed E-state index contributed by atoms with van der Waals surface area (Å²) in [5.41, 5.74) is 6.72. The number of hydrogen-bond donors (Lipinski definition) is 4. The molecule has 0 unspecified atom stereocenters. The summed E-state index contributed by atoms with van der Waals surface area (Å²) in [5.74, 6) is 0.748. The number of nitrogens with two attached hydrogens (primary N) is 1. The number of carbonyl (C=O) groups excluding carboxylic acids is 2. The first-order valence-corrected chi connectivity index (χ1v) is 10.9. The van der Waals surface area contributed by atoms with E-state index in [1.165, 1.54) is 18.3 Å². The molecule has 3 aromatic rings. The molecule has 176 valence electrons. The molecule has 0 bridgehead atoms. The van der Waals surface area contributed by atoms with Gasteiger partial charge in [0.15, 0.2) is 11.5 Å². The summed E-state index contributed by atoms with van der Waals surface area (Å²) >= 11 is 0. The number of rotatable bonds is 7. The Morgan fingerprint density at radius 1 is 1.15 bits per heavy atom. The average molecular weight is 463 g/mol. The van der Waals surface area contributed by atoms with Crippen molar-refractivity contribution in [2.75, 3.05) is 30.4 Å². The molecule has 1 aromatic heterocycles. The smallest absolute Gasteiger partial charge is 0.271 e. The number of aromatic nitrogens is 2. The lowest BCUT2D eigenvalue weighted by molar-refractivity contribution is 0.0932. The van der Waals surface area contributed by atoms with E-state index in [-0.39, 0.29) is 29.2 Å². The molecule has 1 aliphatic heterocycles. The molecule has 2 aromatic carbocycles. The number of ether oxygens (including phenoxy) is 1. The van der Waals surface area contributed by atoms with Crippen LogP contribution in [0.3, 0.4) is 0 Å². The van der Waals surface area contributed by atoms with Crippen LogP contribution < -0.4 is 26.0 Å². The Kier molecular flexibility index (Phi) is 6.77. The van der Waals surface area contributed by atoms with Crippen molar-refractivity contribution in [1.29, 1.82) is 0 Å². The van der Waals surface area contributed by atoms with Crippen LogP contribution in [-0.2, 0) is 0 Å². The predicted molar refractivity (Wildman–Crippen MR) is 128 cm³/mol. The van der Waals surface area contributed by atoms with E-state index >= 15 is 0 Å². The number of primary amides is 1. The maximum Gasteiger partial charge on any atom is 0.271 e. The number of methoxy groups -OCH3 is 1. The molecule has 0 spiro atoms. The van der Waals surface area contributed by atoms with E-state index in [1.54, 1.807) is 43.5 Å². The van der Waals surface area contributed by atoms with Crippen LogP contribution in [0.2, 0.25) is 0 Å². The number of nitrogens with one attached hydrogen (secondary N) is 2. The molecule has 1 saturated heterocycles. The maximum atomic E-state index is 12.6. The zero-order valence-corrected chi connectivity index (χ0v) is 18.7. The van der Waals surface area contributed by atoms with Gasteiger partial charge in [0.1, 0.15) is 17.3 Å². The van der Waals surface area contributed by atoms with Crippen molar-refractivity contribution in [3.63, 3.8) is 0 Å². The first-order chi connectivity index (χ1) is 16.4. The SMILES string of the molecule is COc1ccc(Nc2nc(N3CCC[C@@H](NC(=O)c4ccc(O)cc4)C3)cnc2C(N)=O)cc1. The van der Waals surface area contributed by atoms with Gasteiger partial charge in [-0.3, -0.25) is 9.59 Å². The number of benzene rings is 2. The van der Waals surface area contributed by atoms with E-state index in [0.29, 0.717) is 29.4 Å². The molecule has 5 N–H and O–H groups in total. The lowest BCUT2D eigenvalue weighted by Crippen LogP contribution is -2.48. The van der Waals surface area contributed by atoms with Gasteiger partial charge in [-0.2, -0.15) is 0 Å². The first kappa shape index (κ1) is 22.8. The quantitative estimate of drug-likeness (QED) is 0.419. The van der Waals surface area contributed by atoms with Crippen molar-refractivity contribution in [3.05, 3.63) is 66.0 Å². The second-order valence-electron chi connectivity index (χ2n) is 7.95. The molecule has 0 radical (unpaired) electrons. The van der Waals surface area contributed by atoms with Gasteiger partial charge in [-0.15, -0.1) is 0 Å². The van der Waals surface area contributed by atoms with Crippen molar-refractivity contribution in [2.45, 2.75) is 18.9 Å². The summed E-state index contributed by atoms with van der Waals surface area (Å²) in [6.45, 7) is 1.27. The summed E-state index contributed by atoms with van der Waals surface area (Å²) in [7, 11) is 1.58. The number of phenolic OH excluding ortho intramolecular Hbond substituents is 1. The van der Waals surface area contributed by atoms with Crippen molar-refractivity contribution < 1.29 is 19.4 Å². The topological polar surface area (TPSA) is 143 Å². The molecule has 2 heterocycles. The number of anilines is 3. The highest BCUT2D eigenvalue weighted by Gasteiger charge is 2.24. The normalized spacial score (nSPS) is 15.4. The molecule has 0 aliphatic carbocycles. The highest BCUT2D eigenvalue weighted by Crippen LogP contribution is 2.24. The van der Waals surface area contributed by atoms with E-state index in [2.05, 4.69) is 20.6 Å². The fourth-order valence-corrected chi connectivity index (χ4v) is 3.80. The standard InChI is InChI=1S/C24H26N6O4/c1-34-19-10-6-16(7-11-19)27-23-21(22(25)32)26-13-20(29-23)30-12-2-3-17(14-30)28-24(33)15-4-8-18(31)9-5-15/h4-11,13,17,31H,2-3,12,14H2,1H3,(H2,25,32)(H,27,29)(H,28,33)/t17-/m1/s1. The van der Waals surface area contributed by atoms with Crippen LogP contribution in [0.15, 0.2) is 54.7 Å². The lowest BCUT2D eigenvalue weighted by atomic mass is 10.0. The average Bonchev–Trinajstić information content (AvgIpc) is 2.85. The van der Waals surface area contributed by atoms with Gasteiger partial charge in [-0.05, 0) is 61.4 Å². The monoisotopic (exact) mass is 462 g/mol. The van der Waals surface area contributed by atoms with Crippen LogP contribution >= 0.6 is 0 Å². The number of hydrogen-bond acceptors (Lipinski definition) is 8. The summed E-state index contributed by atoms with van der Waals surface area (Å²) in [4.78, 5) is 35.4. The lowest BCUT2D eigenvalue weighted by Gasteiger charge is -2.34. The van der Waals surface area contributed by atoms with Gasteiger partial charge >= 0.3 is 0 Å². The molecule has 1 fully saturated rings. The van der Waals surface area contributed by atoms with Crippen LogP contribution in [-0.4, -0.2) is 53.1 Å². The van der Waals surface area contributed by atoms with Crippen molar-refractivity contribution in [2.24, 2.45) is 5.73 Å². The minimum atomic E-state index is -0.687.